The molecule has 0 radical (unpaired) electrons. The summed E-state index contributed by atoms with van der Waals surface area (Å²) in [5.74, 6) is 1.35. The summed E-state index contributed by atoms with van der Waals surface area (Å²) in [6.45, 7) is 0. The smallest absolute Gasteiger partial charge is 0.275 e. The van der Waals surface area contributed by atoms with Crippen LogP contribution >= 0.6 is 22.9 Å². The molecule has 7 nitrogen and oxygen atoms in total. The number of fused-ring (bicyclic) bond motifs is 3. The van der Waals surface area contributed by atoms with E-state index in [4.69, 9.17) is 16.3 Å². The summed E-state index contributed by atoms with van der Waals surface area (Å²) in [6.07, 6.45) is 2.99. The second-order valence-electron chi connectivity index (χ2n) is 6.43. The number of hydrogen-bond acceptors (Lipinski definition) is 7. The molecule has 0 saturated heterocycles. The van der Waals surface area contributed by atoms with E-state index in [0.29, 0.717) is 37.0 Å². The zero-order valence-electron chi connectivity index (χ0n) is 15.7. The molecule has 0 bridgehead atoms. The van der Waals surface area contributed by atoms with Gasteiger partial charge in [0, 0.05) is 10.7 Å². The van der Waals surface area contributed by atoms with E-state index < -0.39 is 0 Å². The molecule has 0 fully saturated rings. The molecule has 9 heteroatoms. The van der Waals surface area contributed by atoms with Crippen molar-refractivity contribution in [1.82, 2.24) is 19.5 Å². The lowest BCUT2D eigenvalue weighted by molar-refractivity contribution is 0.415. The van der Waals surface area contributed by atoms with Gasteiger partial charge in [0.25, 0.3) is 5.56 Å². The highest BCUT2D eigenvalue weighted by atomic mass is 35.5. The zero-order chi connectivity index (χ0) is 20.7. The molecule has 3 heterocycles. The number of anilines is 2. The van der Waals surface area contributed by atoms with Gasteiger partial charge in [-0.3, -0.25) is 9.36 Å². The van der Waals surface area contributed by atoms with E-state index in [1.54, 1.807) is 31.4 Å². The Morgan fingerprint density at radius 2 is 1.80 bits per heavy atom. The van der Waals surface area contributed by atoms with Crippen LogP contribution in [0, 0.1) is 0 Å². The molecule has 0 aliphatic carbocycles. The monoisotopic (exact) mass is 435 g/mol. The fraction of sp³-hybridized carbons (Fsp3) is 0.0476. The fourth-order valence-electron chi connectivity index (χ4n) is 3.16. The number of nitrogens with zero attached hydrogens (tertiary/aromatic N) is 4. The molecule has 0 aliphatic heterocycles. The number of rotatable bonds is 4. The van der Waals surface area contributed by atoms with Crippen molar-refractivity contribution in [3.05, 3.63) is 76.6 Å². The van der Waals surface area contributed by atoms with Crippen LogP contribution in [0.3, 0.4) is 0 Å². The van der Waals surface area contributed by atoms with Crippen molar-refractivity contribution in [1.29, 1.82) is 0 Å². The van der Waals surface area contributed by atoms with Gasteiger partial charge in [0.1, 0.15) is 39.3 Å². The van der Waals surface area contributed by atoms with Gasteiger partial charge in [0.15, 0.2) is 0 Å². The highest BCUT2D eigenvalue weighted by Gasteiger charge is 2.17. The topological polar surface area (TPSA) is 81.9 Å². The average molecular weight is 436 g/mol. The van der Waals surface area contributed by atoms with Crippen molar-refractivity contribution in [2.24, 2.45) is 0 Å². The molecule has 2 aromatic carbocycles. The molecule has 0 unspecified atom stereocenters. The Labute approximate surface area is 179 Å². The van der Waals surface area contributed by atoms with E-state index >= 15 is 0 Å². The Hall–Kier alpha value is -3.49. The van der Waals surface area contributed by atoms with Crippen LogP contribution < -0.4 is 15.6 Å². The van der Waals surface area contributed by atoms with Crippen molar-refractivity contribution < 1.29 is 4.74 Å². The van der Waals surface area contributed by atoms with Gasteiger partial charge in [-0.1, -0.05) is 11.6 Å². The van der Waals surface area contributed by atoms with Crippen LogP contribution in [0.1, 0.15) is 0 Å². The first-order valence-electron chi connectivity index (χ1n) is 8.96. The van der Waals surface area contributed by atoms with E-state index in [-0.39, 0.29) is 5.56 Å². The number of methoxy groups -OCH3 is 1. The third-order valence-electron chi connectivity index (χ3n) is 4.64. The maximum Gasteiger partial charge on any atom is 0.275 e. The highest BCUT2D eigenvalue weighted by molar-refractivity contribution is 7.25. The van der Waals surface area contributed by atoms with Crippen LogP contribution in [0.5, 0.6) is 5.75 Å². The summed E-state index contributed by atoms with van der Waals surface area (Å²) in [5, 5.41) is 4.61. The average Bonchev–Trinajstić information content (AvgIpc) is 3.16. The van der Waals surface area contributed by atoms with Crippen LogP contribution in [-0.2, 0) is 0 Å². The van der Waals surface area contributed by atoms with Gasteiger partial charge in [-0.05, 0) is 48.5 Å². The summed E-state index contributed by atoms with van der Waals surface area (Å²) in [5.41, 5.74) is 1.94. The highest BCUT2D eigenvalue weighted by Crippen LogP contribution is 2.34. The molecule has 148 valence electrons. The first-order chi connectivity index (χ1) is 14.6. The molecule has 0 aliphatic rings. The number of aromatic nitrogens is 4. The van der Waals surface area contributed by atoms with Crippen molar-refractivity contribution in [3.63, 3.8) is 0 Å². The summed E-state index contributed by atoms with van der Waals surface area (Å²) < 4.78 is 7.21. The lowest BCUT2D eigenvalue weighted by Gasteiger charge is -2.08. The number of thiophene rings is 1. The van der Waals surface area contributed by atoms with E-state index in [2.05, 4.69) is 20.3 Å². The third kappa shape index (κ3) is 3.16. The fourth-order valence-corrected chi connectivity index (χ4v) is 4.31. The van der Waals surface area contributed by atoms with Crippen LogP contribution in [0.4, 0.5) is 11.5 Å². The molecule has 3 aromatic heterocycles. The molecular formula is C21H14ClN5O2S. The number of halogens is 1. The Kier molecular flexibility index (Phi) is 4.57. The van der Waals surface area contributed by atoms with E-state index in [0.717, 1.165) is 11.4 Å². The number of benzene rings is 2. The Bertz CT molecular complexity index is 1430. The molecule has 1 N–H and O–H groups in total. The normalized spacial score (nSPS) is 11.1. The minimum absolute atomic E-state index is 0.166. The number of ether oxygens (including phenoxy) is 1. The first kappa shape index (κ1) is 18.5. The van der Waals surface area contributed by atoms with Gasteiger partial charge < -0.3 is 10.1 Å². The number of hydrogen-bond donors (Lipinski definition) is 1. The van der Waals surface area contributed by atoms with Crippen LogP contribution in [0.2, 0.25) is 5.02 Å². The maximum atomic E-state index is 13.1. The Morgan fingerprint density at radius 3 is 2.53 bits per heavy atom. The lowest BCUT2D eigenvalue weighted by atomic mass is 10.2. The number of nitrogens with one attached hydrogen (secondary N) is 1. The first-order valence-corrected chi connectivity index (χ1v) is 10.2. The van der Waals surface area contributed by atoms with Gasteiger partial charge in [-0.15, -0.1) is 11.3 Å². The van der Waals surface area contributed by atoms with Gasteiger partial charge in [0.2, 0.25) is 0 Å². The Balaban J connectivity index is 1.64. The predicted molar refractivity (Wildman–Crippen MR) is 120 cm³/mol. The molecule has 0 saturated carbocycles. The molecule has 5 aromatic rings. The summed E-state index contributed by atoms with van der Waals surface area (Å²) in [4.78, 5) is 27.1. The van der Waals surface area contributed by atoms with Gasteiger partial charge >= 0.3 is 0 Å². The van der Waals surface area contributed by atoms with Gasteiger partial charge in [-0.2, -0.15) is 0 Å². The standard InChI is InChI=1S/C21H14ClN5O2S/c1-29-15-8-4-13(5-9-15)26-19-16-17-18(30-20(16)24-10-23-19)21(28)27(11-25-17)14-6-2-12(22)3-7-14/h2-11H,1H3,(H,23,24,26). The summed E-state index contributed by atoms with van der Waals surface area (Å²) in [6, 6.07) is 14.5. The van der Waals surface area contributed by atoms with Gasteiger partial charge in [0.05, 0.1) is 18.2 Å². The molecule has 5 rings (SSSR count). The molecule has 0 spiro atoms. The second kappa shape index (κ2) is 7.40. The molecule has 0 atom stereocenters. The lowest BCUT2D eigenvalue weighted by Crippen LogP contribution is -2.17. The predicted octanol–water partition coefficient (Wildman–Crippen LogP) is 4.80. The van der Waals surface area contributed by atoms with E-state index in [9.17, 15) is 4.79 Å². The molecule has 30 heavy (non-hydrogen) atoms. The van der Waals surface area contributed by atoms with Crippen molar-refractivity contribution in [3.8, 4) is 11.4 Å². The largest absolute Gasteiger partial charge is 0.497 e. The van der Waals surface area contributed by atoms with E-state index in [1.165, 1.54) is 28.6 Å². The van der Waals surface area contributed by atoms with Crippen LogP contribution in [-0.4, -0.2) is 26.6 Å². The Morgan fingerprint density at radius 1 is 1.03 bits per heavy atom. The molecule has 0 amide bonds. The van der Waals surface area contributed by atoms with Crippen molar-refractivity contribution >= 4 is 54.9 Å². The van der Waals surface area contributed by atoms with Gasteiger partial charge in [-0.25, -0.2) is 15.0 Å². The minimum atomic E-state index is -0.166. The van der Waals surface area contributed by atoms with Crippen molar-refractivity contribution in [2.75, 3.05) is 12.4 Å². The summed E-state index contributed by atoms with van der Waals surface area (Å²) >= 11 is 7.26. The maximum absolute atomic E-state index is 13.1. The molecular weight excluding hydrogens is 422 g/mol. The quantitative estimate of drug-likeness (QED) is 0.437. The van der Waals surface area contributed by atoms with Crippen LogP contribution in [0.15, 0.2) is 66.0 Å². The minimum Gasteiger partial charge on any atom is -0.497 e. The second-order valence-corrected chi connectivity index (χ2v) is 7.87. The SMILES string of the molecule is COc1ccc(Nc2ncnc3sc4c(=O)n(-c5ccc(Cl)cc5)cnc4c23)cc1. The van der Waals surface area contributed by atoms with E-state index in [1.807, 2.05) is 24.3 Å². The van der Waals surface area contributed by atoms with Crippen LogP contribution in [0.25, 0.3) is 26.1 Å². The zero-order valence-corrected chi connectivity index (χ0v) is 17.2. The van der Waals surface area contributed by atoms with Crippen molar-refractivity contribution in [2.45, 2.75) is 0 Å². The third-order valence-corrected chi connectivity index (χ3v) is 5.96. The summed E-state index contributed by atoms with van der Waals surface area (Å²) in [7, 11) is 1.62.